The predicted molar refractivity (Wildman–Crippen MR) is 114 cm³/mol. The lowest BCUT2D eigenvalue weighted by Crippen LogP contribution is -2.42. The molecule has 1 atom stereocenters. The van der Waals surface area contributed by atoms with Crippen LogP contribution in [0.2, 0.25) is 0 Å². The lowest BCUT2D eigenvalue weighted by atomic mass is 10.1. The fraction of sp³-hybridized carbons (Fsp3) is 0.632. The third-order valence-corrected chi connectivity index (χ3v) is 4.69. The van der Waals surface area contributed by atoms with Crippen molar-refractivity contribution in [3.8, 4) is 0 Å². The standard InChI is InChI=1S/C19H30N4O.HI/c1-2-20-19(21-14-16-8-9-16)22-15-18(17-6-4-3-5-7-17)23-10-12-24-13-11-23;/h3-7,16,18H,2,8-15H2,1H3,(H2,20,21,22);1H. The Kier molecular flexibility index (Phi) is 8.98. The van der Waals surface area contributed by atoms with E-state index in [1.54, 1.807) is 0 Å². The third kappa shape index (κ3) is 6.75. The lowest BCUT2D eigenvalue weighted by Gasteiger charge is -2.34. The Bertz CT molecular complexity index is 515. The molecule has 1 aromatic rings. The Balaban J connectivity index is 0.00000225. The zero-order valence-electron chi connectivity index (χ0n) is 15.1. The Hall–Kier alpha value is -0.860. The van der Waals surface area contributed by atoms with Gasteiger partial charge in [0, 0.05) is 26.2 Å². The van der Waals surface area contributed by atoms with Gasteiger partial charge in [-0.1, -0.05) is 30.3 Å². The number of rotatable bonds is 7. The molecule has 1 aromatic carbocycles. The molecule has 3 rings (SSSR count). The van der Waals surface area contributed by atoms with Crippen LogP contribution >= 0.6 is 24.0 Å². The number of benzene rings is 1. The zero-order chi connectivity index (χ0) is 16.6. The Morgan fingerprint density at radius 3 is 2.56 bits per heavy atom. The van der Waals surface area contributed by atoms with Crippen molar-refractivity contribution < 1.29 is 4.74 Å². The van der Waals surface area contributed by atoms with Crippen molar-refractivity contribution in [3.05, 3.63) is 35.9 Å². The lowest BCUT2D eigenvalue weighted by molar-refractivity contribution is 0.0179. The first-order valence-corrected chi connectivity index (χ1v) is 9.25. The molecule has 0 spiro atoms. The average Bonchev–Trinajstić information content (AvgIpc) is 3.46. The molecule has 0 aromatic heterocycles. The molecule has 1 unspecified atom stereocenters. The second-order valence-electron chi connectivity index (χ2n) is 6.62. The number of hydrogen-bond donors (Lipinski definition) is 2. The van der Waals surface area contributed by atoms with Crippen molar-refractivity contribution in [2.24, 2.45) is 10.9 Å². The summed E-state index contributed by atoms with van der Waals surface area (Å²) in [4.78, 5) is 7.37. The second kappa shape index (κ2) is 11.0. The maximum absolute atomic E-state index is 5.52. The molecule has 2 N–H and O–H groups in total. The van der Waals surface area contributed by atoms with E-state index >= 15 is 0 Å². The Labute approximate surface area is 168 Å². The van der Waals surface area contributed by atoms with Crippen LogP contribution in [0, 0.1) is 5.92 Å². The van der Waals surface area contributed by atoms with Crippen LogP contribution in [0.3, 0.4) is 0 Å². The highest BCUT2D eigenvalue weighted by Gasteiger charge is 2.23. The van der Waals surface area contributed by atoms with E-state index in [1.165, 1.54) is 18.4 Å². The van der Waals surface area contributed by atoms with Crippen LogP contribution in [0.5, 0.6) is 0 Å². The molecule has 1 heterocycles. The van der Waals surface area contributed by atoms with E-state index in [0.29, 0.717) is 6.04 Å². The van der Waals surface area contributed by atoms with E-state index in [0.717, 1.165) is 57.8 Å². The van der Waals surface area contributed by atoms with Crippen LogP contribution in [-0.2, 0) is 4.74 Å². The van der Waals surface area contributed by atoms with E-state index in [1.807, 2.05) is 0 Å². The number of halogens is 1. The van der Waals surface area contributed by atoms with Gasteiger partial charge in [0.05, 0.1) is 25.8 Å². The van der Waals surface area contributed by atoms with Gasteiger partial charge in [-0.3, -0.25) is 9.89 Å². The van der Waals surface area contributed by atoms with Gasteiger partial charge < -0.3 is 15.4 Å². The van der Waals surface area contributed by atoms with E-state index in [9.17, 15) is 0 Å². The highest BCUT2D eigenvalue weighted by Crippen LogP contribution is 2.27. The summed E-state index contributed by atoms with van der Waals surface area (Å²) in [5.74, 6) is 1.79. The van der Waals surface area contributed by atoms with Crippen molar-refractivity contribution in [1.29, 1.82) is 0 Å². The summed E-state index contributed by atoms with van der Waals surface area (Å²) in [5.41, 5.74) is 1.33. The molecule has 1 aliphatic carbocycles. The smallest absolute Gasteiger partial charge is 0.191 e. The summed E-state index contributed by atoms with van der Waals surface area (Å²) in [6.07, 6.45) is 2.71. The van der Waals surface area contributed by atoms with E-state index in [-0.39, 0.29) is 24.0 Å². The molecule has 25 heavy (non-hydrogen) atoms. The highest BCUT2D eigenvalue weighted by molar-refractivity contribution is 14.0. The molecule has 140 valence electrons. The molecule has 0 bridgehead atoms. The van der Waals surface area contributed by atoms with Gasteiger partial charge in [-0.05, 0) is 31.2 Å². The highest BCUT2D eigenvalue weighted by atomic mass is 127. The molecule has 6 heteroatoms. The normalized spacial score (nSPS) is 19.8. The van der Waals surface area contributed by atoms with Crippen molar-refractivity contribution in [1.82, 2.24) is 15.5 Å². The van der Waals surface area contributed by atoms with Crippen LogP contribution in [0.15, 0.2) is 35.3 Å². The largest absolute Gasteiger partial charge is 0.379 e. The van der Waals surface area contributed by atoms with Crippen molar-refractivity contribution in [2.45, 2.75) is 25.8 Å². The fourth-order valence-electron chi connectivity index (χ4n) is 3.08. The van der Waals surface area contributed by atoms with Crippen LogP contribution < -0.4 is 10.6 Å². The summed E-state index contributed by atoms with van der Waals surface area (Å²) >= 11 is 0. The van der Waals surface area contributed by atoms with Gasteiger partial charge in [-0.2, -0.15) is 0 Å². The summed E-state index contributed by atoms with van der Waals surface area (Å²) in [6.45, 7) is 8.39. The maximum atomic E-state index is 5.52. The van der Waals surface area contributed by atoms with Gasteiger partial charge in [0.15, 0.2) is 5.96 Å². The number of morpholine rings is 1. The van der Waals surface area contributed by atoms with Gasteiger partial charge in [0.25, 0.3) is 0 Å². The zero-order valence-corrected chi connectivity index (χ0v) is 17.4. The maximum Gasteiger partial charge on any atom is 0.191 e. The van der Waals surface area contributed by atoms with Crippen LogP contribution in [0.25, 0.3) is 0 Å². The molecule has 2 fully saturated rings. The van der Waals surface area contributed by atoms with Gasteiger partial charge in [-0.25, -0.2) is 0 Å². The minimum absolute atomic E-state index is 0. The van der Waals surface area contributed by atoms with Gasteiger partial charge in [0.2, 0.25) is 0 Å². The minimum Gasteiger partial charge on any atom is -0.379 e. The van der Waals surface area contributed by atoms with Crippen molar-refractivity contribution in [3.63, 3.8) is 0 Å². The van der Waals surface area contributed by atoms with Crippen LogP contribution in [0.4, 0.5) is 0 Å². The first kappa shape index (κ1) is 20.5. The summed E-state index contributed by atoms with van der Waals surface area (Å²) in [5, 5.41) is 6.86. The molecule has 1 saturated carbocycles. The van der Waals surface area contributed by atoms with Crippen molar-refractivity contribution >= 4 is 29.9 Å². The van der Waals surface area contributed by atoms with Gasteiger partial charge in [-0.15, -0.1) is 24.0 Å². The molecule has 0 amide bonds. The number of aliphatic imine (C=N–C) groups is 1. The van der Waals surface area contributed by atoms with E-state index in [4.69, 9.17) is 9.73 Å². The molecule has 1 aliphatic heterocycles. The number of nitrogens with one attached hydrogen (secondary N) is 2. The number of hydrogen-bond acceptors (Lipinski definition) is 3. The summed E-state index contributed by atoms with van der Waals surface area (Å²) in [6, 6.07) is 11.0. The first-order valence-electron chi connectivity index (χ1n) is 9.25. The molecule has 2 aliphatic rings. The second-order valence-corrected chi connectivity index (χ2v) is 6.62. The number of nitrogens with zero attached hydrogens (tertiary/aromatic N) is 2. The SMILES string of the molecule is CCNC(=NCC(c1ccccc1)N1CCOCC1)NCC1CC1.I. The predicted octanol–water partition coefficient (Wildman–Crippen LogP) is 2.64. The molecular formula is C19H31IN4O. The number of guanidine groups is 1. The molecule has 1 saturated heterocycles. The summed E-state index contributed by atoms with van der Waals surface area (Å²) < 4.78 is 5.52. The van der Waals surface area contributed by atoms with Crippen molar-refractivity contribution in [2.75, 3.05) is 45.9 Å². The van der Waals surface area contributed by atoms with E-state index in [2.05, 4.69) is 52.8 Å². The average molecular weight is 458 g/mol. The quantitative estimate of drug-likeness (QED) is 0.375. The third-order valence-electron chi connectivity index (χ3n) is 4.69. The van der Waals surface area contributed by atoms with Crippen LogP contribution in [-0.4, -0.2) is 56.8 Å². The minimum atomic E-state index is 0. The Morgan fingerprint density at radius 1 is 1.20 bits per heavy atom. The van der Waals surface area contributed by atoms with Gasteiger partial charge >= 0.3 is 0 Å². The molecule has 5 nitrogen and oxygen atoms in total. The number of ether oxygens (including phenoxy) is 1. The monoisotopic (exact) mass is 458 g/mol. The van der Waals surface area contributed by atoms with Gasteiger partial charge in [0.1, 0.15) is 0 Å². The molecular weight excluding hydrogens is 427 g/mol. The first-order chi connectivity index (χ1) is 11.9. The van der Waals surface area contributed by atoms with E-state index < -0.39 is 0 Å². The van der Waals surface area contributed by atoms with Crippen LogP contribution in [0.1, 0.15) is 31.4 Å². The fourth-order valence-corrected chi connectivity index (χ4v) is 3.08. The topological polar surface area (TPSA) is 48.9 Å². The summed E-state index contributed by atoms with van der Waals surface area (Å²) in [7, 11) is 0. The molecule has 0 radical (unpaired) electrons. The Morgan fingerprint density at radius 2 is 1.92 bits per heavy atom.